The van der Waals surface area contributed by atoms with Gasteiger partial charge in [0, 0.05) is 29.7 Å². The summed E-state index contributed by atoms with van der Waals surface area (Å²) in [6, 6.07) is 12.1. The topological polar surface area (TPSA) is 58.7 Å². The Morgan fingerprint density at radius 3 is 2.85 bits per heavy atom. The van der Waals surface area contributed by atoms with Crippen molar-refractivity contribution in [3.8, 4) is 17.2 Å². The van der Waals surface area contributed by atoms with Gasteiger partial charge in [-0.15, -0.1) is 17.9 Å². The van der Waals surface area contributed by atoms with Crippen molar-refractivity contribution in [3.05, 3.63) is 58.7 Å². The minimum atomic E-state index is -0.0190. The Labute approximate surface area is 160 Å². The van der Waals surface area contributed by atoms with Crippen LogP contribution in [0.5, 0.6) is 0 Å². The third kappa shape index (κ3) is 3.90. The average Bonchev–Trinajstić information content (AvgIpc) is 3.09. The highest BCUT2D eigenvalue weighted by molar-refractivity contribution is 7.99. The zero-order valence-electron chi connectivity index (χ0n) is 14.4. The summed E-state index contributed by atoms with van der Waals surface area (Å²) in [5.74, 6) is 0.841. The molecule has 0 aliphatic carbocycles. The van der Waals surface area contributed by atoms with Gasteiger partial charge in [0.25, 0.3) is 5.56 Å². The van der Waals surface area contributed by atoms with E-state index in [0.717, 1.165) is 39.7 Å². The Kier molecular flexibility index (Phi) is 6.26. The number of thiophene rings is 1. The van der Waals surface area contributed by atoms with Gasteiger partial charge in [-0.05, 0) is 18.4 Å². The van der Waals surface area contributed by atoms with Crippen LogP contribution < -0.4 is 5.56 Å². The Bertz CT molecular complexity index is 1000. The number of thioether (sulfide) groups is 1. The number of hydrogen-bond acceptors (Lipinski definition) is 5. The Hall–Kier alpha value is -2.36. The second kappa shape index (κ2) is 8.84. The maximum atomic E-state index is 13.2. The molecule has 0 fully saturated rings. The highest BCUT2D eigenvalue weighted by Crippen LogP contribution is 2.32. The molecule has 0 spiro atoms. The molecule has 0 saturated heterocycles. The zero-order valence-corrected chi connectivity index (χ0v) is 16.0. The lowest BCUT2D eigenvalue weighted by atomic mass is 10.1. The molecule has 0 aliphatic rings. The van der Waals surface area contributed by atoms with E-state index in [1.54, 1.807) is 22.4 Å². The number of allylic oxidation sites excluding steroid dienone is 1. The predicted octanol–water partition coefficient (Wildman–Crippen LogP) is 5.10. The molecular formula is C20H19N3OS2. The van der Waals surface area contributed by atoms with E-state index in [1.165, 1.54) is 11.3 Å². The monoisotopic (exact) mass is 381 g/mol. The molecule has 0 radical (unpaired) electrons. The number of unbranched alkanes of at least 4 members (excludes halogenated alkanes) is 2. The number of hydrogen-bond donors (Lipinski definition) is 0. The minimum absolute atomic E-state index is 0.0190. The molecule has 0 bridgehead atoms. The van der Waals surface area contributed by atoms with Gasteiger partial charge >= 0.3 is 0 Å². The number of fused-ring (bicyclic) bond motifs is 1. The first kappa shape index (κ1) is 18.4. The van der Waals surface area contributed by atoms with Crippen molar-refractivity contribution in [2.75, 3.05) is 5.75 Å². The smallest absolute Gasteiger partial charge is 0.263 e. The summed E-state index contributed by atoms with van der Waals surface area (Å²) >= 11 is 3.08. The maximum absolute atomic E-state index is 13.2. The van der Waals surface area contributed by atoms with Crippen molar-refractivity contribution < 1.29 is 0 Å². The molecule has 2 heterocycles. The third-order valence-corrected chi connectivity index (χ3v) is 5.90. The van der Waals surface area contributed by atoms with Crippen LogP contribution in [0.3, 0.4) is 0 Å². The molecule has 2 aromatic heterocycles. The highest BCUT2D eigenvalue weighted by Gasteiger charge is 2.16. The quantitative estimate of drug-likeness (QED) is 0.236. The van der Waals surface area contributed by atoms with Gasteiger partial charge in [-0.25, -0.2) is 4.98 Å². The van der Waals surface area contributed by atoms with Crippen LogP contribution >= 0.6 is 23.1 Å². The fourth-order valence-corrected chi connectivity index (χ4v) is 4.70. The van der Waals surface area contributed by atoms with Gasteiger partial charge in [0.05, 0.1) is 11.5 Å². The number of nitrogens with zero attached hydrogens (tertiary/aromatic N) is 3. The second-order valence-electron chi connectivity index (χ2n) is 5.76. The lowest BCUT2D eigenvalue weighted by Gasteiger charge is -2.10. The van der Waals surface area contributed by atoms with Gasteiger partial charge in [0.15, 0.2) is 5.16 Å². The number of aromatic nitrogens is 2. The SMILES string of the molecule is C=CCn1c(SCCCCC#N)nc2scc(-c3ccccc3)c2c1=O. The molecular weight excluding hydrogens is 362 g/mol. The molecule has 0 amide bonds. The number of benzene rings is 1. The molecule has 132 valence electrons. The lowest BCUT2D eigenvalue weighted by Crippen LogP contribution is -2.22. The molecule has 0 aliphatic heterocycles. The molecule has 26 heavy (non-hydrogen) atoms. The summed E-state index contributed by atoms with van der Waals surface area (Å²) in [5.41, 5.74) is 1.95. The van der Waals surface area contributed by atoms with Crippen molar-refractivity contribution in [1.29, 1.82) is 5.26 Å². The Balaban J connectivity index is 2.00. The maximum Gasteiger partial charge on any atom is 0.263 e. The molecule has 0 atom stereocenters. The first-order chi connectivity index (χ1) is 12.8. The summed E-state index contributed by atoms with van der Waals surface area (Å²) in [7, 11) is 0. The first-order valence-corrected chi connectivity index (χ1v) is 10.3. The average molecular weight is 382 g/mol. The minimum Gasteiger partial charge on any atom is -0.283 e. The number of nitriles is 1. The van der Waals surface area contributed by atoms with Gasteiger partial charge in [-0.2, -0.15) is 5.26 Å². The van der Waals surface area contributed by atoms with E-state index in [9.17, 15) is 4.79 Å². The van der Waals surface area contributed by atoms with Crippen LogP contribution in [0.15, 0.2) is 58.3 Å². The normalized spacial score (nSPS) is 10.7. The molecule has 6 heteroatoms. The Morgan fingerprint density at radius 2 is 2.12 bits per heavy atom. The van der Waals surface area contributed by atoms with Crippen LogP contribution in [0.4, 0.5) is 0 Å². The lowest BCUT2D eigenvalue weighted by molar-refractivity contribution is 0.672. The van der Waals surface area contributed by atoms with Gasteiger partial charge in [-0.1, -0.05) is 48.2 Å². The molecule has 4 nitrogen and oxygen atoms in total. The van der Waals surface area contributed by atoms with E-state index in [4.69, 9.17) is 10.2 Å². The number of rotatable bonds is 8. The van der Waals surface area contributed by atoms with E-state index in [2.05, 4.69) is 12.6 Å². The molecule has 3 aromatic rings. The van der Waals surface area contributed by atoms with Crippen LogP contribution in [0.1, 0.15) is 19.3 Å². The predicted molar refractivity (Wildman–Crippen MR) is 110 cm³/mol. The Morgan fingerprint density at radius 1 is 1.31 bits per heavy atom. The van der Waals surface area contributed by atoms with Gasteiger partial charge in [0.2, 0.25) is 0 Å². The van der Waals surface area contributed by atoms with Crippen LogP contribution in [0.2, 0.25) is 0 Å². The van der Waals surface area contributed by atoms with Crippen LogP contribution in [0.25, 0.3) is 21.3 Å². The molecule has 0 unspecified atom stereocenters. The van der Waals surface area contributed by atoms with E-state index in [0.29, 0.717) is 18.4 Å². The van der Waals surface area contributed by atoms with Crippen molar-refractivity contribution in [2.45, 2.75) is 31.0 Å². The third-order valence-electron chi connectivity index (χ3n) is 3.97. The van der Waals surface area contributed by atoms with Crippen molar-refractivity contribution in [1.82, 2.24) is 9.55 Å². The second-order valence-corrected chi connectivity index (χ2v) is 7.68. The van der Waals surface area contributed by atoms with E-state index in [-0.39, 0.29) is 5.56 Å². The van der Waals surface area contributed by atoms with Crippen molar-refractivity contribution >= 4 is 33.3 Å². The van der Waals surface area contributed by atoms with Gasteiger partial charge in [-0.3, -0.25) is 9.36 Å². The molecule has 3 rings (SSSR count). The first-order valence-electron chi connectivity index (χ1n) is 8.44. The summed E-state index contributed by atoms with van der Waals surface area (Å²) in [6.45, 7) is 4.21. The summed E-state index contributed by atoms with van der Waals surface area (Å²) < 4.78 is 1.70. The molecule has 1 aromatic carbocycles. The van der Waals surface area contributed by atoms with Gasteiger partial charge in [0.1, 0.15) is 4.83 Å². The molecule has 0 N–H and O–H groups in total. The van der Waals surface area contributed by atoms with Gasteiger partial charge < -0.3 is 0 Å². The summed E-state index contributed by atoms with van der Waals surface area (Å²) in [5, 5.41) is 12.0. The fourth-order valence-electron chi connectivity index (χ4n) is 2.71. The fraction of sp³-hybridized carbons (Fsp3) is 0.250. The van der Waals surface area contributed by atoms with Crippen LogP contribution in [0, 0.1) is 11.3 Å². The summed E-state index contributed by atoms with van der Waals surface area (Å²) in [4.78, 5) is 18.7. The van der Waals surface area contributed by atoms with E-state index < -0.39 is 0 Å². The van der Waals surface area contributed by atoms with E-state index in [1.807, 2.05) is 35.7 Å². The zero-order chi connectivity index (χ0) is 18.4. The standard InChI is InChI=1S/C20H19N3OS2/c1-2-12-23-19(24)17-16(15-9-5-3-6-10-15)14-26-18(17)22-20(23)25-13-8-4-7-11-21/h2-3,5-6,9-10,14H,1,4,7-8,12-13H2. The largest absolute Gasteiger partial charge is 0.283 e. The van der Waals surface area contributed by atoms with Crippen molar-refractivity contribution in [2.24, 2.45) is 0 Å². The highest BCUT2D eigenvalue weighted by atomic mass is 32.2. The summed E-state index contributed by atoms with van der Waals surface area (Å²) in [6.07, 6.45) is 4.09. The van der Waals surface area contributed by atoms with E-state index >= 15 is 0 Å². The van der Waals surface area contributed by atoms with Crippen LogP contribution in [-0.4, -0.2) is 15.3 Å². The molecule has 0 saturated carbocycles. The van der Waals surface area contributed by atoms with Crippen molar-refractivity contribution in [3.63, 3.8) is 0 Å². The van der Waals surface area contributed by atoms with Crippen LogP contribution in [-0.2, 0) is 6.54 Å².